The molecule has 0 atom stereocenters. The number of benzene rings is 1. The summed E-state index contributed by atoms with van der Waals surface area (Å²) in [5.74, 6) is 3.20. The van der Waals surface area contributed by atoms with E-state index in [2.05, 4.69) is 34.7 Å². The zero-order valence-corrected chi connectivity index (χ0v) is 19.5. The number of hydrogen-bond acceptors (Lipinski definition) is 6. The topological polar surface area (TPSA) is 61.8 Å². The Labute approximate surface area is 186 Å². The van der Waals surface area contributed by atoms with Crippen LogP contribution in [-0.4, -0.2) is 72.1 Å². The lowest BCUT2D eigenvalue weighted by Crippen LogP contribution is -2.50. The van der Waals surface area contributed by atoms with Gasteiger partial charge in [0.15, 0.2) is 0 Å². The minimum absolute atomic E-state index is 0.141. The molecule has 0 N–H and O–H groups in total. The summed E-state index contributed by atoms with van der Waals surface area (Å²) < 4.78 is 5.48. The van der Waals surface area contributed by atoms with Gasteiger partial charge >= 0.3 is 0 Å². The lowest BCUT2D eigenvalue weighted by Gasteiger charge is -2.36. The number of amides is 1. The van der Waals surface area contributed by atoms with Gasteiger partial charge in [-0.15, -0.1) is 0 Å². The van der Waals surface area contributed by atoms with Crippen molar-refractivity contribution in [3.63, 3.8) is 0 Å². The maximum absolute atomic E-state index is 12.7. The number of hydrogen-bond donors (Lipinski definition) is 0. The SMILES string of the molecule is CCOc1ccc(CN(C)C(=O)CN2CCN(c3cc(C)nc(C(C)C)n3)CC2)cc1. The minimum Gasteiger partial charge on any atom is -0.494 e. The number of anilines is 1. The summed E-state index contributed by atoms with van der Waals surface area (Å²) in [5.41, 5.74) is 2.10. The molecule has 0 saturated carbocycles. The molecule has 1 saturated heterocycles. The van der Waals surface area contributed by atoms with Crippen molar-refractivity contribution < 1.29 is 9.53 Å². The normalized spacial score (nSPS) is 14.7. The molecule has 0 unspecified atom stereocenters. The highest BCUT2D eigenvalue weighted by molar-refractivity contribution is 5.78. The van der Waals surface area contributed by atoms with Gasteiger partial charge in [0, 0.05) is 57.4 Å². The third-order valence-corrected chi connectivity index (χ3v) is 5.51. The molecule has 7 nitrogen and oxygen atoms in total. The summed E-state index contributed by atoms with van der Waals surface area (Å²) >= 11 is 0. The fraction of sp³-hybridized carbons (Fsp3) is 0.542. The van der Waals surface area contributed by atoms with Crippen molar-refractivity contribution >= 4 is 11.7 Å². The Morgan fingerprint density at radius 1 is 1.13 bits per heavy atom. The number of aromatic nitrogens is 2. The number of nitrogens with zero attached hydrogens (tertiary/aromatic N) is 5. The molecule has 1 amide bonds. The Morgan fingerprint density at radius 3 is 2.42 bits per heavy atom. The Morgan fingerprint density at radius 2 is 1.81 bits per heavy atom. The van der Waals surface area contributed by atoms with Crippen molar-refractivity contribution in [1.82, 2.24) is 19.8 Å². The molecule has 0 radical (unpaired) electrons. The van der Waals surface area contributed by atoms with Crippen molar-refractivity contribution in [3.05, 3.63) is 47.4 Å². The van der Waals surface area contributed by atoms with Crippen LogP contribution in [0.2, 0.25) is 0 Å². The molecule has 1 aromatic carbocycles. The molecule has 1 aliphatic rings. The van der Waals surface area contributed by atoms with E-state index in [1.165, 1.54) is 0 Å². The maximum Gasteiger partial charge on any atom is 0.236 e. The van der Waals surface area contributed by atoms with E-state index in [0.29, 0.717) is 25.6 Å². The minimum atomic E-state index is 0.141. The Kier molecular flexibility index (Phi) is 7.85. The van der Waals surface area contributed by atoms with Crippen molar-refractivity contribution in [2.75, 3.05) is 51.3 Å². The lowest BCUT2D eigenvalue weighted by molar-refractivity contribution is -0.131. The number of carbonyl (C=O) groups excluding carboxylic acids is 1. The molecular weight excluding hydrogens is 390 g/mol. The smallest absolute Gasteiger partial charge is 0.236 e. The molecule has 1 aromatic heterocycles. The molecule has 3 rings (SSSR count). The molecule has 7 heteroatoms. The second kappa shape index (κ2) is 10.6. The van der Waals surface area contributed by atoms with Crippen molar-refractivity contribution in [2.24, 2.45) is 0 Å². The van der Waals surface area contributed by atoms with Gasteiger partial charge in [0.1, 0.15) is 17.4 Å². The van der Waals surface area contributed by atoms with Crippen molar-refractivity contribution in [1.29, 1.82) is 0 Å². The molecule has 31 heavy (non-hydrogen) atoms. The number of piperazine rings is 1. The number of carbonyl (C=O) groups is 1. The van der Waals surface area contributed by atoms with Gasteiger partial charge in [-0.2, -0.15) is 0 Å². The highest BCUT2D eigenvalue weighted by atomic mass is 16.5. The number of likely N-dealkylation sites (N-methyl/N-ethyl adjacent to an activating group) is 1. The van der Waals surface area contributed by atoms with Crippen LogP contribution < -0.4 is 9.64 Å². The number of ether oxygens (including phenoxy) is 1. The van der Waals surface area contributed by atoms with Gasteiger partial charge < -0.3 is 14.5 Å². The van der Waals surface area contributed by atoms with Crippen molar-refractivity contribution in [3.8, 4) is 5.75 Å². The predicted molar refractivity (Wildman–Crippen MR) is 124 cm³/mol. The molecule has 0 aliphatic carbocycles. The molecule has 2 heterocycles. The molecule has 1 fully saturated rings. The van der Waals surface area contributed by atoms with Crippen LogP contribution in [0.25, 0.3) is 0 Å². The van der Waals surface area contributed by atoms with Crippen LogP contribution in [0.15, 0.2) is 30.3 Å². The monoisotopic (exact) mass is 425 g/mol. The standard InChI is InChI=1S/C24H35N5O2/c1-6-31-21-9-7-20(8-10-21)16-27(5)23(30)17-28-11-13-29(14-12-28)22-15-19(4)25-24(26-22)18(2)3/h7-10,15,18H,6,11-14,16-17H2,1-5H3. The third-order valence-electron chi connectivity index (χ3n) is 5.51. The molecule has 168 valence electrons. The summed E-state index contributed by atoms with van der Waals surface area (Å²) in [7, 11) is 1.87. The van der Waals surface area contributed by atoms with E-state index < -0.39 is 0 Å². The molecular formula is C24H35N5O2. The van der Waals surface area contributed by atoms with Crippen LogP contribution >= 0.6 is 0 Å². The Bertz CT molecular complexity index is 861. The predicted octanol–water partition coefficient (Wildman–Crippen LogP) is 3.09. The molecule has 0 bridgehead atoms. The number of aryl methyl sites for hydroxylation is 1. The highest BCUT2D eigenvalue weighted by Crippen LogP contribution is 2.19. The van der Waals surface area contributed by atoms with E-state index in [1.54, 1.807) is 4.90 Å². The molecule has 2 aromatic rings. The van der Waals surface area contributed by atoms with E-state index in [1.807, 2.05) is 45.2 Å². The second-order valence-electron chi connectivity index (χ2n) is 8.47. The Balaban J connectivity index is 1.49. The van der Waals surface area contributed by atoms with Crippen LogP contribution in [0.3, 0.4) is 0 Å². The molecule has 0 spiro atoms. The quantitative estimate of drug-likeness (QED) is 0.648. The van der Waals surface area contributed by atoms with E-state index >= 15 is 0 Å². The van der Waals surface area contributed by atoms with E-state index in [-0.39, 0.29) is 5.91 Å². The zero-order valence-electron chi connectivity index (χ0n) is 19.5. The lowest BCUT2D eigenvalue weighted by atomic mass is 10.2. The first-order valence-electron chi connectivity index (χ1n) is 11.1. The average Bonchev–Trinajstić information content (AvgIpc) is 2.75. The summed E-state index contributed by atoms with van der Waals surface area (Å²) in [6.45, 7) is 13.4. The largest absolute Gasteiger partial charge is 0.494 e. The highest BCUT2D eigenvalue weighted by Gasteiger charge is 2.22. The fourth-order valence-electron chi connectivity index (χ4n) is 3.66. The number of rotatable bonds is 8. The molecule has 1 aliphatic heterocycles. The Hall–Kier alpha value is -2.67. The third kappa shape index (κ3) is 6.40. The van der Waals surface area contributed by atoms with Crippen LogP contribution in [0.4, 0.5) is 5.82 Å². The summed E-state index contributed by atoms with van der Waals surface area (Å²) in [4.78, 5) is 28.3. The van der Waals surface area contributed by atoms with Gasteiger partial charge in [0.25, 0.3) is 0 Å². The van der Waals surface area contributed by atoms with Gasteiger partial charge in [-0.25, -0.2) is 9.97 Å². The average molecular weight is 426 g/mol. The first-order valence-corrected chi connectivity index (χ1v) is 11.1. The maximum atomic E-state index is 12.7. The van der Waals surface area contributed by atoms with E-state index in [0.717, 1.165) is 54.8 Å². The van der Waals surface area contributed by atoms with Gasteiger partial charge in [-0.05, 0) is 31.5 Å². The van der Waals surface area contributed by atoms with E-state index in [4.69, 9.17) is 9.72 Å². The van der Waals surface area contributed by atoms with Gasteiger partial charge in [0.05, 0.1) is 13.2 Å². The summed E-state index contributed by atoms with van der Waals surface area (Å²) in [5, 5.41) is 0. The second-order valence-corrected chi connectivity index (χ2v) is 8.47. The van der Waals surface area contributed by atoms with Crippen molar-refractivity contribution in [2.45, 2.75) is 40.2 Å². The van der Waals surface area contributed by atoms with Gasteiger partial charge in [0.2, 0.25) is 5.91 Å². The first kappa shape index (κ1) is 23.0. The van der Waals surface area contributed by atoms with Gasteiger partial charge in [-0.3, -0.25) is 9.69 Å². The van der Waals surface area contributed by atoms with Gasteiger partial charge in [-0.1, -0.05) is 26.0 Å². The summed E-state index contributed by atoms with van der Waals surface area (Å²) in [6.07, 6.45) is 0. The fourth-order valence-corrected chi connectivity index (χ4v) is 3.66. The van der Waals surface area contributed by atoms with Crippen LogP contribution in [0.1, 0.15) is 43.8 Å². The van der Waals surface area contributed by atoms with Crippen LogP contribution in [0, 0.1) is 6.92 Å². The van der Waals surface area contributed by atoms with E-state index in [9.17, 15) is 4.79 Å². The zero-order chi connectivity index (χ0) is 22.4. The van der Waals surface area contributed by atoms with Crippen LogP contribution in [0.5, 0.6) is 5.75 Å². The van der Waals surface area contributed by atoms with Crippen LogP contribution in [-0.2, 0) is 11.3 Å². The first-order chi connectivity index (χ1) is 14.9. The summed E-state index contributed by atoms with van der Waals surface area (Å²) in [6, 6.07) is 9.99.